The van der Waals surface area contributed by atoms with E-state index in [4.69, 9.17) is 0 Å². The molecule has 0 aromatic heterocycles. The van der Waals surface area contributed by atoms with Crippen molar-refractivity contribution in [1.29, 1.82) is 0 Å². The van der Waals surface area contributed by atoms with Crippen molar-refractivity contribution in [2.75, 3.05) is 12.9 Å². The molecule has 0 bridgehead atoms. The number of hydrogen-bond donors (Lipinski definition) is 0. The van der Waals surface area contributed by atoms with Crippen LogP contribution in [0.25, 0.3) is 6.08 Å². The van der Waals surface area contributed by atoms with Crippen LogP contribution in [0.1, 0.15) is 34.8 Å². The molecule has 0 amide bonds. The molecule has 0 fully saturated rings. The van der Waals surface area contributed by atoms with Crippen LogP contribution in [0.15, 0.2) is 24.3 Å². The molecule has 0 N–H and O–H groups in total. The highest BCUT2D eigenvalue weighted by Gasteiger charge is 2.05. The van der Waals surface area contributed by atoms with Crippen molar-refractivity contribution in [3.8, 4) is 0 Å². The first kappa shape index (κ1) is 15.5. The van der Waals surface area contributed by atoms with Gasteiger partial charge in [0.2, 0.25) is 0 Å². The molecule has 0 spiro atoms. The van der Waals surface area contributed by atoms with Crippen LogP contribution in [0.2, 0.25) is 0 Å². The van der Waals surface area contributed by atoms with E-state index < -0.39 is 0 Å². The molecule has 0 aliphatic heterocycles. The van der Waals surface area contributed by atoms with Gasteiger partial charge in [-0.05, 0) is 36.6 Å². The number of carbonyl (C=O) groups excluding carboxylic acids is 2. The minimum absolute atomic E-state index is 0.145. The topological polar surface area (TPSA) is 43.4 Å². The van der Waals surface area contributed by atoms with Gasteiger partial charge in [-0.1, -0.05) is 30.0 Å². The number of benzene rings is 1. The average Bonchev–Trinajstić information content (AvgIpc) is 2.38. The summed E-state index contributed by atoms with van der Waals surface area (Å²) in [5.74, 6) is 0.474. The van der Waals surface area contributed by atoms with E-state index in [0.29, 0.717) is 5.56 Å². The Morgan fingerprint density at radius 2 is 2.11 bits per heavy atom. The molecule has 102 valence electrons. The molecule has 4 heteroatoms. The van der Waals surface area contributed by atoms with Gasteiger partial charge >= 0.3 is 5.97 Å². The van der Waals surface area contributed by atoms with Gasteiger partial charge in [-0.25, -0.2) is 4.79 Å². The fourth-order valence-corrected chi connectivity index (χ4v) is 2.13. The second-order valence-electron chi connectivity index (χ2n) is 4.09. The van der Waals surface area contributed by atoms with E-state index in [1.54, 1.807) is 13.0 Å². The van der Waals surface area contributed by atoms with Crippen LogP contribution in [0.4, 0.5) is 0 Å². The zero-order valence-corrected chi connectivity index (χ0v) is 12.3. The van der Waals surface area contributed by atoms with Gasteiger partial charge in [-0.3, -0.25) is 4.79 Å². The Kier molecular flexibility index (Phi) is 6.36. The van der Waals surface area contributed by atoms with Crippen LogP contribution >= 0.6 is 11.8 Å². The highest BCUT2D eigenvalue weighted by atomic mass is 32.2. The van der Waals surface area contributed by atoms with Gasteiger partial charge in [0, 0.05) is 12.7 Å². The van der Waals surface area contributed by atoms with Crippen LogP contribution < -0.4 is 0 Å². The Bertz CT molecular complexity index is 492. The highest BCUT2D eigenvalue weighted by Crippen LogP contribution is 2.14. The zero-order valence-electron chi connectivity index (χ0n) is 11.4. The third-order valence-corrected chi connectivity index (χ3v) is 3.42. The number of rotatable bonds is 5. The lowest BCUT2D eigenvalue weighted by Gasteiger charge is -2.04. The van der Waals surface area contributed by atoms with Gasteiger partial charge in [0.15, 0.2) is 5.12 Å². The molecule has 1 rings (SSSR count). The fraction of sp³-hybridized carbons (Fsp3) is 0.333. The molecule has 0 radical (unpaired) electrons. The maximum Gasteiger partial charge on any atom is 0.337 e. The molecule has 19 heavy (non-hydrogen) atoms. The van der Waals surface area contributed by atoms with E-state index in [2.05, 4.69) is 4.74 Å². The van der Waals surface area contributed by atoms with Crippen molar-refractivity contribution in [2.45, 2.75) is 20.3 Å². The second kappa shape index (κ2) is 7.79. The zero-order chi connectivity index (χ0) is 14.3. The van der Waals surface area contributed by atoms with Crippen molar-refractivity contribution in [1.82, 2.24) is 0 Å². The van der Waals surface area contributed by atoms with Gasteiger partial charge < -0.3 is 4.74 Å². The summed E-state index contributed by atoms with van der Waals surface area (Å²) in [7, 11) is 1.37. The number of thioether (sulfide) groups is 1. The maximum absolute atomic E-state index is 11.4. The van der Waals surface area contributed by atoms with Crippen molar-refractivity contribution >= 4 is 28.9 Å². The van der Waals surface area contributed by atoms with E-state index in [1.165, 1.54) is 18.9 Å². The van der Waals surface area contributed by atoms with Gasteiger partial charge in [-0.15, -0.1) is 0 Å². The minimum Gasteiger partial charge on any atom is -0.465 e. The molecule has 0 saturated carbocycles. The van der Waals surface area contributed by atoms with Crippen LogP contribution in [-0.4, -0.2) is 23.9 Å². The average molecular weight is 278 g/mol. The third kappa shape index (κ3) is 5.30. The maximum atomic E-state index is 11.4. The smallest absolute Gasteiger partial charge is 0.337 e. The predicted molar refractivity (Wildman–Crippen MR) is 79.3 cm³/mol. The Morgan fingerprint density at radius 1 is 1.37 bits per heavy atom. The summed E-state index contributed by atoms with van der Waals surface area (Å²) >= 11 is 1.33. The fourth-order valence-electron chi connectivity index (χ4n) is 1.59. The number of allylic oxidation sites excluding steroid dienone is 1. The largest absolute Gasteiger partial charge is 0.465 e. The summed E-state index contributed by atoms with van der Waals surface area (Å²) in [5.41, 5.74) is 2.66. The molecular formula is C15H18O3S. The first-order valence-corrected chi connectivity index (χ1v) is 7.02. The highest BCUT2D eigenvalue weighted by molar-refractivity contribution is 8.13. The Hall–Kier alpha value is -1.55. The molecular weight excluding hydrogens is 260 g/mol. The van der Waals surface area contributed by atoms with Crippen LogP contribution in [0, 0.1) is 6.92 Å². The lowest BCUT2D eigenvalue weighted by Crippen LogP contribution is -2.01. The number of carbonyl (C=O) groups is 2. The van der Waals surface area contributed by atoms with Crippen LogP contribution in [0.3, 0.4) is 0 Å². The summed E-state index contributed by atoms with van der Waals surface area (Å²) in [5, 5.41) is 0.145. The number of methoxy groups -OCH3 is 1. The normalized spacial score (nSPS) is 10.7. The molecule has 0 heterocycles. The molecule has 1 aromatic carbocycles. The van der Waals surface area contributed by atoms with E-state index in [-0.39, 0.29) is 11.1 Å². The molecule has 0 saturated heterocycles. The van der Waals surface area contributed by atoms with E-state index in [1.807, 2.05) is 31.2 Å². The Balaban J connectivity index is 2.62. The third-order valence-electron chi connectivity index (χ3n) is 2.58. The van der Waals surface area contributed by atoms with Crippen molar-refractivity contribution in [2.24, 2.45) is 0 Å². The number of ether oxygens (including phenoxy) is 1. The summed E-state index contributed by atoms with van der Waals surface area (Å²) in [6.07, 6.45) is 4.90. The molecule has 0 aliphatic rings. The summed E-state index contributed by atoms with van der Waals surface area (Å²) in [6, 6.07) is 5.47. The van der Waals surface area contributed by atoms with Gasteiger partial charge in [0.1, 0.15) is 0 Å². The van der Waals surface area contributed by atoms with E-state index in [0.717, 1.165) is 23.3 Å². The summed E-state index contributed by atoms with van der Waals surface area (Å²) in [6.45, 7) is 3.53. The van der Waals surface area contributed by atoms with Gasteiger partial charge in [0.05, 0.1) is 12.7 Å². The summed E-state index contributed by atoms with van der Waals surface area (Å²) < 4.78 is 4.67. The Morgan fingerprint density at radius 3 is 2.68 bits per heavy atom. The summed E-state index contributed by atoms with van der Waals surface area (Å²) in [4.78, 5) is 22.1. The van der Waals surface area contributed by atoms with Crippen molar-refractivity contribution < 1.29 is 14.3 Å². The first-order chi connectivity index (χ1) is 9.04. The predicted octanol–water partition coefficient (Wildman–Crippen LogP) is 3.46. The lowest BCUT2D eigenvalue weighted by atomic mass is 10.0. The molecule has 3 nitrogen and oxygen atoms in total. The number of hydrogen-bond acceptors (Lipinski definition) is 4. The monoisotopic (exact) mass is 278 g/mol. The standard InChI is InChI=1S/C15H18O3S/c1-11-10-14(15(17)18-3)8-7-13(11)6-4-5-9-19-12(2)16/h4,6-8,10H,5,9H2,1-3H3. The number of esters is 1. The molecule has 0 aliphatic carbocycles. The number of aryl methyl sites for hydroxylation is 1. The quantitative estimate of drug-likeness (QED) is 0.611. The Labute approximate surface area is 118 Å². The first-order valence-electron chi connectivity index (χ1n) is 6.03. The molecule has 1 aromatic rings. The van der Waals surface area contributed by atoms with Gasteiger partial charge in [0.25, 0.3) is 0 Å². The van der Waals surface area contributed by atoms with Crippen LogP contribution in [0.5, 0.6) is 0 Å². The lowest BCUT2D eigenvalue weighted by molar-refractivity contribution is -0.109. The SMILES string of the molecule is COC(=O)c1ccc(C=CCCSC(C)=O)c(C)c1. The van der Waals surface area contributed by atoms with Crippen molar-refractivity contribution in [3.63, 3.8) is 0 Å². The second-order valence-corrected chi connectivity index (χ2v) is 5.37. The molecule has 0 atom stereocenters. The van der Waals surface area contributed by atoms with Crippen LogP contribution in [-0.2, 0) is 9.53 Å². The van der Waals surface area contributed by atoms with E-state index in [9.17, 15) is 9.59 Å². The van der Waals surface area contributed by atoms with E-state index >= 15 is 0 Å². The van der Waals surface area contributed by atoms with Crippen molar-refractivity contribution in [3.05, 3.63) is 41.0 Å². The molecule has 0 unspecified atom stereocenters. The van der Waals surface area contributed by atoms with Gasteiger partial charge in [-0.2, -0.15) is 0 Å². The minimum atomic E-state index is -0.323.